The minimum Gasteiger partial charge on any atom is -0.494 e. The number of carbonyl (C=O) groups is 1. The van der Waals surface area contributed by atoms with E-state index in [9.17, 15) is 4.79 Å². The van der Waals surface area contributed by atoms with Crippen LogP contribution in [0.25, 0.3) is 5.69 Å². The number of hydrogen-bond donors (Lipinski definition) is 0. The number of thioether (sulfide) groups is 1. The smallest absolute Gasteiger partial charge is 0.196 e. The van der Waals surface area contributed by atoms with E-state index in [0.717, 1.165) is 42.1 Å². The van der Waals surface area contributed by atoms with E-state index in [-0.39, 0.29) is 5.78 Å². The lowest BCUT2D eigenvalue weighted by atomic mass is 10.1. The molecule has 0 bridgehead atoms. The second-order valence-electron chi connectivity index (χ2n) is 7.58. The summed E-state index contributed by atoms with van der Waals surface area (Å²) in [6.07, 6.45) is 3.77. The molecule has 0 unspecified atom stereocenters. The predicted octanol–water partition coefficient (Wildman–Crippen LogP) is 4.63. The van der Waals surface area contributed by atoms with Gasteiger partial charge in [-0.3, -0.25) is 14.3 Å². The summed E-state index contributed by atoms with van der Waals surface area (Å²) in [5.74, 6) is 2.07. The van der Waals surface area contributed by atoms with Gasteiger partial charge in [0.2, 0.25) is 0 Å². The Morgan fingerprint density at radius 3 is 2.45 bits per heavy atom. The van der Waals surface area contributed by atoms with Crippen LogP contribution in [0.2, 0.25) is 0 Å². The van der Waals surface area contributed by atoms with Gasteiger partial charge in [-0.25, -0.2) is 0 Å². The van der Waals surface area contributed by atoms with Crippen molar-refractivity contribution in [3.05, 3.63) is 66.0 Å². The number of aromatic nitrogens is 3. The van der Waals surface area contributed by atoms with Crippen molar-refractivity contribution >= 4 is 17.5 Å². The first-order valence-electron chi connectivity index (χ1n) is 10.9. The molecular weight excluding hydrogens is 408 g/mol. The molecule has 1 aliphatic heterocycles. The highest BCUT2D eigenvalue weighted by Crippen LogP contribution is 2.25. The Hall–Kier alpha value is -2.64. The van der Waals surface area contributed by atoms with E-state index in [2.05, 4.69) is 31.8 Å². The fraction of sp³-hybridized carbons (Fsp3) is 0.375. The predicted molar refractivity (Wildman–Crippen MR) is 123 cm³/mol. The van der Waals surface area contributed by atoms with E-state index < -0.39 is 0 Å². The molecule has 1 saturated heterocycles. The molecule has 0 amide bonds. The Morgan fingerprint density at radius 1 is 1.00 bits per heavy atom. The molecule has 31 heavy (non-hydrogen) atoms. The molecule has 2 aromatic carbocycles. The van der Waals surface area contributed by atoms with Crippen molar-refractivity contribution in [3.8, 4) is 11.4 Å². The first-order valence-corrected chi connectivity index (χ1v) is 11.8. The fourth-order valence-electron chi connectivity index (χ4n) is 3.77. The maximum atomic E-state index is 12.7. The lowest BCUT2D eigenvalue weighted by Crippen LogP contribution is -2.30. The number of hydrogen-bond acceptors (Lipinski definition) is 6. The van der Waals surface area contributed by atoms with E-state index >= 15 is 0 Å². The average Bonchev–Trinajstić information content (AvgIpc) is 3.21. The second kappa shape index (κ2) is 10.6. The SMILES string of the molecule is CCOc1ccc(C(=O)CSc2nnc(CN3CCCCC3)n2-c2ccccc2)cc1. The van der Waals surface area contributed by atoms with Gasteiger partial charge in [0.15, 0.2) is 16.8 Å². The average molecular weight is 437 g/mol. The molecule has 6 nitrogen and oxygen atoms in total. The number of benzene rings is 2. The van der Waals surface area contributed by atoms with Crippen LogP contribution in [0.5, 0.6) is 5.75 Å². The van der Waals surface area contributed by atoms with Crippen LogP contribution in [0.1, 0.15) is 42.4 Å². The van der Waals surface area contributed by atoms with E-state index in [4.69, 9.17) is 4.74 Å². The molecule has 4 rings (SSSR count). The number of piperidine rings is 1. The van der Waals surface area contributed by atoms with Crippen molar-refractivity contribution < 1.29 is 9.53 Å². The third kappa shape index (κ3) is 5.54. The monoisotopic (exact) mass is 436 g/mol. The van der Waals surface area contributed by atoms with Gasteiger partial charge >= 0.3 is 0 Å². The maximum Gasteiger partial charge on any atom is 0.196 e. The molecule has 1 aromatic heterocycles. The number of Topliss-reactive ketones (excluding diaryl/α,β-unsaturated/α-hetero) is 1. The molecule has 1 aliphatic rings. The lowest BCUT2D eigenvalue weighted by molar-refractivity contribution is 0.102. The van der Waals surface area contributed by atoms with Gasteiger partial charge in [0.25, 0.3) is 0 Å². The molecule has 3 aromatic rings. The summed E-state index contributed by atoms with van der Waals surface area (Å²) >= 11 is 1.43. The number of nitrogens with zero attached hydrogens (tertiary/aromatic N) is 4. The van der Waals surface area contributed by atoms with Gasteiger partial charge in [0, 0.05) is 11.3 Å². The molecular formula is C24H28N4O2S. The van der Waals surface area contributed by atoms with Crippen LogP contribution in [0, 0.1) is 0 Å². The number of ether oxygens (including phenoxy) is 1. The minimum atomic E-state index is 0.0632. The normalized spacial score (nSPS) is 14.5. The van der Waals surface area contributed by atoms with Gasteiger partial charge in [-0.2, -0.15) is 0 Å². The van der Waals surface area contributed by atoms with Crippen LogP contribution in [0.15, 0.2) is 59.8 Å². The first-order chi connectivity index (χ1) is 15.2. The third-order valence-electron chi connectivity index (χ3n) is 5.35. The van der Waals surface area contributed by atoms with Gasteiger partial charge in [0.05, 0.1) is 18.9 Å². The number of likely N-dealkylation sites (tertiary alicyclic amines) is 1. The van der Waals surface area contributed by atoms with Crippen molar-refractivity contribution in [3.63, 3.8) is 0 Å². The summed E-state index contributed by atoms with van der Waals surface area (Å²) in [4.78, 5) is 15.2. The molecule has 7 heteroatoms. The largest absolute Gasteiger partial charge is 0.494 e. The molecule has 0 atom stereocenters. The molecule has 0 aliphatic carbocycles. The van der Waals surface area contributed by atoms with E-state index in [1.165, 1.54) is 31.0 Å². The Morgan fingerprint density at radius 2 is 1.74 bits per heavy atom. The summed E-state index contributed by atoms with van der Waals surface area (Å²) in [6.45, 7) is 5.52. The summed E-state index contributed by atoms with van der Waals surface area (Å²) in [5, 5.41) is 9.68. The van der Waals surface area contributed by atoms with Crippen LogP contribution < -0.4 is 4.74 Å². The highest BCUT2D eigenvalue weighted by atomic mass is 32.2. The van der Waals surface area contributed by atoms with Crippen LogP contribution in [-0.2, 0) is 6.54 Å². The summed E-state index contributed by atoms with van der Waals surface area (Å²) in [7, 11) is 0. The molecule has 0 spiro atoms. The van der Waals surface area contributed by atoms with E-state index in [0.29, 0.717) is 17.9 Å². The molecule has 0 N–H and O–H groups in total. The number of rotatable bonds is 9. The summed E-state index contributed by atoms with van der Waals surface area (Å²) in [6, 6.07) is 17.5. The van der Waals surface area contributed by atoms with Crippen LogP contribution in [0.4, 0.5) is 0 Å². The molecule has 0 saturated carbocycles. The summed E-state index contributed by atoms with van der Waals surface area (Å²) < 4.78 is 7.55. The Balaban J connectivity index is 1.50. The van der Waals surface area contributed by atoms with Gasteiger partial charge < -0.3 is 4.74 Å². The molecule has 2 heterocycles. The number of carbonyl (C=O) groups excluding carboxylic acids is 1. The Kier molecular flexibility index (Phi) is 7.38. The number of para-hydroxylation sites is 1. The molecule has 0 radical (unpaired) electrons. The zero-order valence-corrected chi connectivity index (χ0v) is 18.7. The van der Waals surface area contributed by atoms with Crippen molar-refractivity contribution in [2.24, 2.45) is 0 Å². The van der Waals surface area contributed by atoms with Crippen molar-refractivity contribution in [1.29, 1.82) is 0 Å². The van der Waals surface area contributed by atoms with E-state index in [1.807, 2.05) is 49.4 Å². The molecule has 162 valence electrons. The van der Waals surface area contributed by atoms with E-state index in [1.54, 1.807) is 0 Å². The third-order valence-corrected chi connectivity index (χ3v) is 6.28. The molecule has 1 fully saturated rings. The topological polar surface area (TPSA) is 60.2 Å². The first kappa shape index (κ1) is 21.6. The zero-order chi connectivity index (χ0) is 21.5. The zero-order valence-electron chi connectivity index (χ0n) is 17.9. The van der Waals surface area contributed by atoms with Crippen molar-refractivity contribution in [2.75, 3.05) is 25.4 Å². The summed E-state index contributed by atoms with van der Waals surface area (Å²) in [5.41, 5.74) is 1.70. The fourth-order valence-corrected chi connectivity index (χ4v) is 4.63. The maximum absolute atomic E-state index is 12.7. The van der Waals surface area contributed by atoms with Gasteiger partial charge in [-0.05, 0) is 69.3 Å². The lowest BCUT2D eigenvalue weighted by Gasteiger charge is -2.26. The Bertz CT molecular complexity index is 983. The van der Waals surface area contributed by atoms with Crippen LogP contribution >= 0.6 is 11.8 Å². The second-order valence-corrected chi connectivity index (χ2v) is 8.52. The quantitative estimate of drug-likeness (QED) is 0.360. The van der Waals surface area contributed by atoms with Crippen LogP contribution in [-0.4, -0.2) is 50.9 Å². The Labute approximate surface area is 187 Å². The standard InChI is InChI=1S/C24H28N4O2S/c1-2-30-21-13-11-19(12-14-21)22(29)18-31-24-26-25-23(17-27-15-7-4-8-16-27)28(24)20-9-5-3-6-10-20/h3,5-6,9-14H,2,4,7-8,15-18H2,1H3. The highest BCUT2D eigenvalue weighted by Gasteiger charge is 2.19. The number of ketones is 1. The van der Waals surface area contributed by atoms with Crippen molar-refractivity contribution in [1.82, 2.24) is 19.7 Å². The van der Waals surface area contributed by atoms with Crippen LogP contribution in [0.3, 0.4) is 0 Å². The minimum absolute atomic E-state index is 0.0632. The van der Waals surface area contributed by atoms with Gasteiger partial charge in [-0.15, -0.1) is 10.2 Å². The van der Waals surface area contributed by atoms with Gasteiger partial charge in [-0.1, -0.05) is 36.4 Å². The van der Waals surface area contributed by atoms with Gasteiger partial charge in [0.1, 0.15) is 5.75 Å². The highest BCUT2D eigenvalue weighted by molar-refractivity contribution is 7.99. The van der Waals surface area contributed by atoms with Crippen molar-refractivity contribution in [2.45, 2.75) is 37.9 Å².